The first kappa shape index (κ1) is 16.2. The van der Waals surface area contributed by atoms with Gasteiger partial charge >= 0.3 is 5.97 Å². The van der Waals surface area contributed by atoms with E-state index in [-0.39, 0.29) is 18.1 Å². The van der Waals surface area contributed by atoms with Crippen LogP contribution in [0.4, 0.5) is 0 Å². The Kier molecular flexibility index (Phi) is 5.55. The molecule has 0 aliphatic carbocycles. The van der Waals surface area contributed by atoms with Gasteiger partial charge in [0.15, 0.2) is 14.5 Å². The number of amides is 1. The minimum atomic E-state index is -1.10. The zero-order valence-electron chi connectivity index (χ0n) is 12.6. The fraction of sp³-hybridized carbons (Fsp3) is 0.846. The van der Waals surface area contributed by atoms with Crippen LogP contribution in [0.25, 0.3) is 0 Å². The number of carbonyl (C=O) groups excluding carboxylic acids is 2. The van der Waals surface area contributed by atoms with E-state index in [4.69, 9.17) is 9.16 Å². The minimum Gasteiger partial charge on any atom is -0.441 e. The molecular weight excluding hydrogens is 262 g/mol. The number of ether oxygens (including phenoxy) is 1. The van der Waals surface area contributed by atoms with Crippen LogP contribution in [0.15, 0.2) is 0 Å². The molecule has 2 rings (SSSR count). The van der Waals surface area contributed by atoms with Crippen molar-refractivity contribution in [2.75, 3.05) is 6.54 Å². The molecule has 2 aliphatic heterocycles. The molecule has 2 heterocycles. The number of β-lactam (4-membered cyclic amide) rings is 1. The van der Waals surface area contributed by atoms with Crippen molar-refractivity contribution in [2.45, 2.75) is 65.1 Å². The van der Waals surface area contributed by atoms with Crippen molar-refractivity contribution in [3.05, 3.63) is 0 Å². The average molecular weight is 287 g/mol. The Morgan fingerprint density at radius 1 is 1.53 bits per heavy atom. The first-order chi connectivity index (χ1) is 8.75. The lowest BCUT2D eigenvalue weighted by atomic mass is 10.1. The van der Waals surface area contributed by atoms with Gasteiger partial charge in [-0.2, -0.15) is 0 Å². The highest BCUT2D eigenvalue weighted by molar-refractivity contribution is 6.71. The third kappa shape index (κ3) is 4.95. The Morgan fingerprint density at radius 2 is 2.16 bits per heavy atom. The molecule has 19 heavy (non-hydrogen) atoms. The standard InChI is InChI=1S/C7H11NO3.C6H14OSi/c1-3-8-6(10)4-7(8)11-5(2)9;1-6-4-5-8(2,3)7-6/h7H,3-4H2,1-2H3;6H,4-5H2,1-3H3/t7-;/m1./s1. The third-order valence-electron chi connectivity index (χ3n) is 3.33. The molecule has 110 valence electrons. The molecule has 2 aliphatic rings. The van der Waals surface area contributed by atoms with Crippen LogP contribution in [-0.2, 0) is 18.8 Å². The van der Waals surface area contributed by atoms with E-state index in [1.807, 2.05) is 6.92 Å². The molecule has 1 amide bonds. The topological polar surface area (TPSA) is 55.8 Å². The van der Waals surface area contributed by atoms with Gasteiger partial charge in [-0.15, -0.1) is 0 Å². The van der Waals surface area contributed by atoms with Crippen molar-refractivity contribution in [2.24, 2.45) is 0 Å². The Balaban J connectivity index is 0.000000200. The van der Waals surface area contributed by atoms with Crippen molar-refractivity contribution < 1.29 is 18.8 Å². The van der Waals surface area contributed by atoms with Crippen molar-refractivity contribution in [3.63, 3.8) is 0 Å². The maximum atomic E-state index is 10.8. The summed E-state index contributed by atoms with van der Waals surface area (Å²) in [5.74, 6) is -0.278. The number of carbonyl (C=O) groups is 2. The van der Waals surface area contributed by atoms with Gasteiger partial charge in [0.25, 0.3) is 0 Å². The Bertz CT molecular complexity index is 346. The van der Waals surface area contributed by atoms with Gasteiger partial charge in [-0.25, -0.2) is 0 Å². The fourth-order valence-corrected chi connectivity index (χ4v) is 4.74. The maximum absolute atomic E-state index is 10.8. The number of likely N-dealkylation sites (tertiary alicyclic amines) is 1. The molecule has 2 atom stereocenters. The van der Waals surface area contributed by atoms with Crippen molar-refractivity contribution >= 4 is 20.2 Å². The zero-order chi connectivity index (χ0) is 14.6. The van der Waals surface area contributed by atoms with E-state index in [2.05, 4.69) is 20.0 Å². The molecular formula is C13H25NO4Si. The average Bonchev–Trinajstić information content (AvgIpc) is 2.56. The quantitative estimate of drug-likeness (QED) is 0.443. The van der Waals surface area contributed by atoms with Gasteiger partial charge < -0.3 is 14.1 Å². The molecule has 0 bridgehead atoms. The largest absolute Gasteiger partial charge is 0.441 e. The summed E-state index contributed by atoms with van der Waals surface area (Å²) in [4.78, 5) is 22.8. The van der Waals surface area contributed by atoms with Crippen LogP contribution in [0.2, 0.25) is 19.1 Å². The van der Waals surface area contributed by atoms with Gasteiger partial charge in [0.2, 0.25) is 5.91 Å². The smallest absolute Gasteiger partial charge is 0.304 e. The first-order valence-corrected chi connectivity index (χ1v) is 10.0. The second-order valence-electron chi connectivity index (χ2n) is 5.67. The molecule has 2 saturated heterocycles. The fourth-order valence-electron chi connectivity index (χ4n) is 2.32. The van der Waals surface area contributed by atoms with E-state index in [0.29, 0.717) is 19.1 Å². The second kappa shape index (κ2) is 6.52. The molecule has 6 heteroatoms. The lowest BCUT2D eigenvalue weighted by molar-refractivity contribution is -0.181. The highest BCUT2D eigenvalue weighted by Crippen LogP contribution is 2.26. The van der Waals surface area contributed by atoms with Crippen LogP contribution >= 0.6 is 0 Å². The lowest BCUT2D eigenvalue weighted by Gasteiger charge is -2.38. The van der Waals surface area contributed by atoms with Crippen LogP contribution < -0.4 is 0 Å². The summed E-state index contributed by atoms with van der Waals surface area (Å²) < 4.78 is 10.5. The summed E-state index contributed by atoms with van der Waals surface area (Å²) in [6, 6.07) is 1.36. The number of rotatable bonds is 2. The number of hydrogen-bond donors (Lipinski definition) is 0. The van der Waals surface area contributed by atoms with Crippen LogP contribution in [0.1, 0.15) is 33.6 Å². The van der Waals surface area contributed by atoms with Crippen molar-refractivity contribution in [1.29, 1.82) is 0 Å². The van der Waals surface area contributed by atoms with Crippen molar-refractivity contribution in [3.8, 4) is 0 Å². The van der Waals surface area contributed by atoms with E-state index >= 15 is 0 Å². The predicted molar refractivity (Wildman–Crippen MR) is 75.0 cm³/mol. The number of hydrogen-bond acceptors (Lipinski definition) is 4. The Morgan fingerprint density at radius 3 is 2.42 bits per heavy atom. The molecule has 0 aromatic heterocycles. The SMILES string of the molecule is CC1CC[Si](C)(C)O1.CCN1C(=O)C[C@H]1OC(C)=O. The third-order valence-corrected chi connectivity index (χ3v) is 5.87. The molecule has 0 spiro atoms. The summed E-state index contributed by atoms with van der Waals surface area (Å²) in [6.07, 6.45) is 1.88. The molecule has 5 nitrogen and oxygen atoms in total. The molecule has 1 unspecified atom stereocenters. The summed E-state index contributed by atoms with van der Waals surface area (Å²) in [5, 5.41) is 0. The minimum absolute atomic E-state index is 0.0544. The zero-order valence-corrected chi connectivity index (χ0v) is 13.6. The van der Waals surface area contributed by atoms with E-state index in [1.165, 1.54) is 24.3 Å². The van der Waals surface area contributed by atoms with Crippen LogP contribution in [0.3, 0.4) is 0 Å². The second-order valence-corrected chi connectivity index (χ2v) is 9.93. The van der Waals surface area contributed by atoms with Gasteiger partial charge in [0, 0.05) is 19.6 Å². The maximum Gasteiger partial charge on any atom is 0.304 e. The van der Waals surface area contributed by atoms with Gasteiger partial charge in [0.05, 0.1) is 6.42 Å². The first-order valence-electron chi connectivity index (χ1n) is 6.89. The molecule has 0 radical (unpaired) electrons. The van der Waals surface area contributed by atoms with Gasteiger partial charge in [-0.1, -0.05) is 0 Å². The predicted octanol–water partition coefficient (Wildman–Crippen LogP) is 2.13. The van der Waals surface area contributed by atoms with Gasteiger partial charge in [-0.3, -0.25) is 9.59 Å². The molecule has 0 N–H and O–H groups in total. The summed E-state index contributed by atoms with van der Waals surface area (Å²) >= 11 is 0. The van der Waals surface area contributed by atoms with E-state index in [1.54, 1.807) is 0 Å². The number of nitrogens with zero attached hydrogens (tertiary/aromatic N) is 1. The molecule has 0 aromatic carbocycles. The lowest BCUT2D eigenvalue weighted by Crippen LogP contribution is -2.54. The molecule has 0 aromatic rings. The highest BCUT2D eigenvalue weighted by Gasteiger charge is 2.36. The van der Waals surface area contributed by atoms with E-state index in [0.717, 1.165) is 0 Å². The monoisotopic (exact) mass is 287 g/mol. The van der Waals surface area contributed by atoms with Crippen LogP contribution in [0.5, 0.6) is 0 Å². The summed E-state index contributed by atoms with van der Waals surface area (Å²) in [7, 11) is -1.10. The van der Waals surface area contributed by atoms with Gasteiger partial charge in [0.1, 0.15) is 0 Å². The van der Waals surface area contributed by atoms with Crippen molar-refractivity contribution in [1.82, 2.24) is 4.90 Å². The van der Waals surface area contributed by atoms with E-state index < -0.39 is 8.32 Å². The Labute approximate surface area is 116 Å². The van der Waals surface area contributed by atoms with E-state index in [9.17, 15) is 9.59 Å². The highest BCUT2D eigenvalue weighted by atomic mass is 28.4. The normalized spacial score (nSPS) is 28.3. The van der Waals surface area contributed by atoms with Gasteiger partial charge in [-0.05, 0) is 39.4 Å². The van der Waals surface area contributed by atoms with Crippen LogP contribution in [-0.4, -0.2) is 44.0 Å². The molecule has 0 saturated carbocycles. The van der Waals surface area contributed by atoms with Crippen LogP contribution in [0, 0.1) is 0 Å². The summed E-state index contributed by atoms with van der Waals surface area (Å²) in [6.45, 7) is 10.6. The summed E-state index contributed by atoms with van der Waals surface area (Å²) in [5.41, 5.74) is 0. The Hall–Kier alpha value is -0.883. The molecule has 2 fully saturated rings. The number of esters is 1.